The second-order valence-corrected chi connectivity index (χ2v) is 10.1. The second-order valence-electron chi connectivity index (χ2n) is 10.1. The van der Waals surface area contributed by atoms with Gasteiger partial charge in [-0.25, -0.2) is 0 Å². The Morgan fingerprint density at radius 2 is 1.79 bits per heavy atom. The third-order valence-corrected chi connectivity index (χ3v) is 7.95. The molecule has 1 aliphatic heterocycles. The summed E-state index contributed by atoms with van der Waals surface area (Å²) in [6.45, 7) is 6.00. The molecule has 3 aliphatic rings. The van der Waals surface area contributed by atoms with Gasteiger partial charge in [-0.1, -0.05) is 73.9 Å². The van der Waals surface area contributed by atoms with Crippen molar-refractivity contribution in [2.45, 2.75) is 65.3 Å². The van der Waals surface area contributed by atoms with Crippen LogP contribution in [-0.2, 0) is 20.8 Å². The monoisotopic (exact) mass is 445 g/mol. The highest BCUT2D eigenvalue weighted by atomic mass is 16.2. The fourth-order valence-corrected chi connectivity index (χ4v) is 6.02. The number of allylic oxidation sites excluding steroid dienone is 5. The van der Waals surface area contributed by atoms with E-state index in [0.29, 0.717) is 17.9 Å². The van der Waals surface area contributed by atoms with E-state index in [9.17, 15) is 14.4 Å². The van der Waals surface area contributed by atoms with Gasteiger partial charge >= 0.3 is 0 Å². The number of rotatable bonds is 2. The van der Waals surface area contributed by atoms with E-state index in [0.717, 1.165) is 43.2 Å². The predicted octanol–water partition coefficient (Wildman–Crippen LogP) is 5.15. The van der Waals surface area contributed by atoms with Crippen molar-refractivity contribution in [1.82, 2.24) is 5.32 Å². The maximum Gasteiger partial charge on any atom is 0.236 e. The molecule has 5 atom stereocenters. The Labute approximate surface area is 197 Å². The van der Waals surface area contributed by atoms with Gasteiger partial charge in [-0.3, -0.25) is 14.4 Å². The Morgan fingerprint density at radius 3 is 2.55 bits per heavy atom. The first-order valence-electron chi connectivity index (χ1n) is 12.3. The highest BCUT2D eigenvalue weighted by Gasteiger charge is 2.66. The molecule has 2 aliphatic carbocycles. The van der Waals surface area contributed by atoms with Crippen molar-refractivity contribution in [2.75, 3.05) is 0 Å². The Kier molecular flexibility index (Phi) is 6.83. The second kappa shape index (κ2) is 9.62. The van der Waals surface area contributed by atoms with E-state index < -0.39 is 11.3 Å². The number of carbonyl (C=O) groups is 3. The molecule has 174 valence electrons. The standard InChI is InChI=1S/C29H35NO3/c1-19-12-7-4-5-10-17-25(31)29-23(16-11-13-19)27(32)21(3)20(2)26(29)24(30-28(29)33)18-22-14-8-6-9-15-22/h6,8-11,14-17,19,23-24,26H,4-5,7,12-13,18H2,1-3H3,(H,30,33). The summed E-state index contributed by atoms with van der Waals surface area (Å²) >= 11 is 0. The van der Waals surface area contributed by atoms with Crippen LogP contribution < -0.4 is 5.32 Å². The van der Waals surface area contributed by atoms with Gasteiger partial charge in [-0.05, 0) is 62.7 Å². The van der Waals surface area contributed by atoms with Crippen molar-refractivity contribution in [1.29, 1.82) is 0 Å². The summed E-state index contributed by atoms with van der Waals surface area (Å²) in [5, 5.41) is 3.16. The predicted molar refractivity (Wildman–Crippen MR) is 130 cm³/mol. The number of carbonyl (C=O) groups excluding carboxylic acids is 3. The van der Waals surface area contributed by atoms with Gasteiger partial charge in [0.05, 0.1) is 5.92 Å². The molecule has 4 rings (SSSR count). The number of hydrogen-bond donors (Lipinski definition) is 1. The number of nitrogens with one attached hydrogen (secondary N) is 1. The van der Waals surface area contributed by atoms with Gasteiger partial charge in [-0.15, -0.1) is 0 Å². The van der Waals surface area contributed by atoms with Crippen molar-refractivity contribution < 1.29 is 14.4 Å². The van der Waals surface area contributed by atoms with Crippen LogP contribution >= 0.6 is 0 Å². The SMILES string of the molecule is CC1=C(C)C2C(Cc3ccccc3)NC(=O)C23C(=O)C=CCCCCC(C)CC=CC3C1=O. The zero-order valence-corrected chi connectivity index (χ0v) is 20.0. The molecule has 1 aromatic rings. The molecule has 33 heavy (non-hydrogen) atoms. The molecule has 1 N–H and O–H groups in total. The molecular weight excluding hydrogens is 410 g/mol. The van der Waals surface area contributed by atoms with E-state index in [1.54, 1.807) is 6.08 Å². The molecule has 4 heteroatoms. The van der Waals surface area contributed by atoms with Crippen molar-refractivity contribution in [3.05, 3.63) is 71.3 Å². The summed E-state index contributed by atoms with van der Waals surface area (Å²) in [4.78, 5) is 41.2. The summed E-state index contributed by atoms with van der Waals surface area (Å²) in [6.07, 6.45) is 12.9. The normalized spacial score (nSPS) is 33.0. The van der Waals surface area contributed by atoms with Crippen LogP contribution in [0.25, 0.3) is 0 Å². The molecule has 1 saturated heterocycles. The maximum atomic E-state index is 13.9. The minimum Gasteiger partial charge on any atom is -0.351 e. The van der Waals surface area contributed by atoms with Crippen LogP contribution in [0.1, 0.15) is 58.4 Å². The van der Waals surface area contributed by atoms with Crippen LogP contribution in [-0.4, -0.2) is 23.5 Å². The zero-order chi connectivity index (χ0) is 23.6. The molecule has 4 nitrogen and oxygen atoms in total. The van der Waals surface area contributed by atoms with E-state index in [-0.39, 0.29) is 29.4 Å². The lowest BCUT2D eigenvalue weighted by molar-refractivity contribution is -0.146. The van der Waals surface area contributed by atoms with Gasteiger partial charge in [0.15, 0.2) is 11.6 Å². The molecule has 1 spiro atoms. The van der Waals surface area contributed by atoms with Crippen LogP contribution in [0.4, 0.5) is 0 Å². The lowest BCUT2D eigenvalue weighted by Crippen LogP contribution is -2.53. The van der Waals surface area contributed by atoms with Crippen LogP contribution in [0.3, 0.4) is 0 Å². The quantitative estimate of drug-likeness (QED) is 0.506. The Bertz CT molecular complexity index is 1020. The third-order valence-electron chi connectivity index (χ3n) is 7.95. The van der Waals surface area contributed by atoms with E-state index in [1.807, 2.05) is 62.4 Å². The Morgan fingerprint density at radius 1 is 1.03 bits per heavy atom. The summed E-state index contributed by atoms with van der Waals surface area (Å²) in [7, 11) is 0. The number of benzene rings is 1. The Hall–Kier alpha value is -2.75. The summed E-state index contributed by atoms with van der Waals surface area (Å²) < 4.78 is 0. The van der Waals surface area contributed by atoms with Crippen molar-refractivity contribution in [3.8, 4) is 0 Å². The van der Waals surface area contributed by atoms with Crippen LogP contribution in [0.15, 0.2) is 65.8 Å². The molecule has 0 radical (unpaired) electrons. The van der Waals surface area contributed by atoms with E-state index in [2.05, 4.69) is 12.2 Å². The molecule has 1 heterocycles. The fraction of sp³-hybridized carbons (Fsp3) is 0.483. The van der Waals surface area contributed by atoms with Crippen LogP contribution in [0.2, 0.25) is 0 Å². The third kappa shape index (κ3) is 4.16. The van der Waals surface area contributed by atoms with Crippen molar-refractivity contribution in [2.24, 2.45) is 23.2 Å². The summed E-state index contributed by atoms with van der Waals surface area (Å²) in [5.74, 6) is -1.24. The first kappa shape index (κ1) is 23.4. The number of amides is 1. The minimum absolute atomic E-state index is 0.0974. The minimum atomic E-state index is -1.41. The largest absolute Gasteiger partial charge is 0.351 e. The lowest BCUT2D eigenvalue weighted by Gasteiger charge is -2.42. The summed E-state index contributed by atoms with van der Waals surface area (Å²) in [6, 6.07) is 9.80. The molecule has 0 saturated carbocycles. The van der Waals surface area contributed by atoms with Crippen LogP contribution in [0.5, 0.6) is 0 Å². The van der Waals surface area contributed by atoms with Gasteiger partial charge in [0.25, 0.3) is 0 Å². The average molecular weight is 446 g/mol. The molecule has 1 aromatic carbocycles. The maximum absolute atomic E-state index is 13.9. The fourth-order valence-electron chi connectivity index (χ4n) is 6.02. The van der Waals surface area contributed by atoms with Gasteiger partial charge in [0, 0.05) is 12.0 Å². The van der Waals surface area contributed by atoms with E-state index in [1.165, 1.54) is 0 Å². The molecular formula is C29H35NO3. The van der Waals surface area contributed by atoms with Gasteiger partial charge < -0.3 is 5.32 Å². The Balaban J connectivity index is 1.84. The highest BCUT2D eigenvalue weighted by Crippen LogP contribution is 2.53. The van der Waals surface area contributed by atoms with E-state index in [4.69, 9.17) is 0 Å². The lowest BCUT2D eigenvalue weighted by atomic mass is 9.55. The molecule has 0 bridgehead atoms. The average Bonchev–Trinajstić information content (AvgIpc) is 3.09. The van der Waals surface area contributed by atoms with E-state index >= 15 is 0 Å². The number of Topliss-reactive ketones (excluding diaryl/α,β-unsaturated/α-hetero) is 1. The molecule has 1 amide bonds. The molecule has 5 unspecified atom stereocenters. The number of hydrogen-bond acceptors (Lipinski definition) is 3. The zero-order valence-electron chi connectivity index (χ0n) is 20.0. The van der Waals surface area contributed by atoms with Gasteiger partial charge in [0.1, 0.15) is 5.41 Å². The molecule has 0 aromatic heterocycles. The summed E-state index contributed by atoms with van der Waals surface area (Å²) in [5.41, 5.74) is 1.25. The molecule has 1 fully saturated rings. The highest BCUT2D eigenvalue weighted by molar-refractivity contribution is 6.19. The first-order valence-corrected chi connectivity index (χ1v) is 12.3. The first-order chi connectivity index (χ1) is 15.9. The van der Waals surface area contributed by atoms with Gasteiger partial charge in [0.2, 0.25) is 5.91 Å². The van der Waals surface area contributed by atoms with Crippen LogP contribution in [0, 0.1) is 23.2 Å². The van der Waals surface area contributed by atoms with Gasteiger partial charge in [-0.2, -0.15) is 0 Å². The smallest absolute Gasteiger partial charge is 0.236 e. The number of ketones is 2. The topological polar surface area (TPSA) is 63.2 Å². The van der Waals surface area contributed by atoms with Crippen molar-refractivity contribution >= 4 is 17.5 Å². The van der Waals surface area contributed by atoms with Crippen molar-refractivity contribution in [3.63, 3.8) is 0 Å².